The Morgan fingerprint density at radius 2 is 1.96 bits per heavy atom. The summed E-state index contributed by atoms with van der Waals surface area (Å²) in [5.41, 5.74) is 3.36. The number of amides is 1. The second-order valence-electron chi connectivity index (χ2n) is 5.48. The molecule has 1 aromatic carbocycles. The zero-order valence-electron chi connectivity index (χ0n) is 14.4. The maximum atomic E-state index is 12.9. The Balaban J connectivity index is 2.37. The molecule has 1 N–H and O–H groups in total. The number of carbonyl (C=O) groups excluding carboxylic acids is 1. The lowest BCUT2D eigenvalue weighted by Gasteiger charge is -2.26. The predicted molar refractivity (Wildman–Crippen MR) is 88.1 cm³/mol. The van der Waals surface area contributed by atoms with E-state index < -0.39 is 0 Å². The van der Waals surface area contributed by atoms with Gasteiger partial charge >= 0.3 is 0 Å². The third kappa shape index (κ3) is 3.02. The van der Waals surface area contributed by atoms with Crippen molar-refractivity contribution in [1.82, 2.24) is 15.1 Å². The van der Waals surface area contributed by atoms with Crippen molar-refractivity contribution >= 4 is 5.91 Å². The maximum absolute atomic E-state index is 12.9. The smallest absolute Gasteiger partial charge is 0.258 e. The van der Waals surface area contributed by atoms with Crippen LogP contribution >= 0.6 is 0 Å². The molecule has 2 aromatic rings. The fraction of sp³-hybridized carbons (Fsp3) is 0.412. The van der Waals surface area contributed by atoms with Crippen molar-refractivity contribution in [3.63, 3.8) is 0 Å². The van der Waals surface area contributed by atoms with Crippen molar-refractivity contribution in [2.45, 2.75) is 26.8 Å². The molecule has 1 atom stereocenters. The summed E-state index contributed by atoms with van der Waals surface area (Å²) in [7, 11) is 4.86. The summed E-state index contributed by atoms with van der Waals surface area (Å²) in [6.45, 7) is 5.87. The van der Waals surface area contributed by atoms with Gasteiger partial charge in [-0.05, 0) is 32.9 Å². The van der Waals surface area contributed by atoms with Crippen LogP contribution in [0.3, 0.4) is 0 Å². The molecule has 0 fully saturated rings. The number of methoxy groups -OCH3 is 2. The summed E-state index contributed by atoms with van der Waals surface area (Å²) in [5, 5.41) is 7.16. The summed E-state index contributed by atoms with van der Waals surface area (Å²) < 4.78 is 10.6. The Morgan fingerprint density at radius 3 is 2.48 bits per heavy atom. The highest BCUT2D eigenvalue weighted by molar-refractivity contribution is 5.98. The van der Waals surface area contributed by atoms with E-state index in [4.69, 9.17) is 9.47 Å². The van der Waals surface area contributed by atoms with Crippen LogP contribution in [-0.2, 0) is 0 Å². The van der Waals surface area contributed by atoms with E-state index in [1.807, 2.05) is 20.8 Å². The van der Waals surface area contributed by atoms with Gasteiger partial charge in [0.25, 0.3) is 5.91 Å². The van der Waals surface area contributed by atoms with Gasteiger partial charge in [-0.3, -0.25) is 9.89 Å². The third-order valence-electron chi connectivity index (χ3n) is 4.14. The molecule has 124 valence electrons. The quantitative estimate of drug-likeness (QED) is 0.921. The van der Waals surface area contributed by atoms with Gasteiger partial charge in [0, 0.05) is 18.3 Å². The Bertz CT molecular complexity index is 690. The summed E-state index contributed by atoms with van der Waals surface area (Å²) in [6.07, 6.45) is 0. The van der Waals surface area contributed by atoms with E-state index >= 15 is 0 Å². The van der Waals surface area contributed by atoms with Crippen LogP contribution in [0.4, 0.5) is 0 Å². The monoisotopic (exact) mass is 317 g/mol. The molecule has 1 heterocycles. The fourth-order valence-electron chi connectivity index (χ4n) is 2.79. The van der Waals surface area contributed by atoms with E-state index in [0.717, 1.165) is 17.0 Å². The molecule has 1 amide bonds. The van der Waals surface area contributed by atoms with Crippen molar-refractivity contribution in [2.24, 2.45) is 0 Å². The summed E-state index contributed by atoms with van der Waals surface area (Å²) in [5.74, 6) is 0.850. The van der Waals surface area contributed by atoms with Crippen LogP contribution in [0.2, 0.25) is 0 Å². The first kappa shape index (κ1) is 16.9. The minimum Gasteiger partial charge on any atom is -0.493 e. The highest BCUT2D eigenvalue weighted by Gasteiger charge is 2.26. The number of hydrogen-bond donors (Lipinski definition) is 1. The van der Waals surface area contributed by atoms with Gasteiger partial charge in [0.1, 0.15) is 0 Å². The van der Waals surface area contributed by atoms with Gasteiger partial charge in [-0.15, -0.1) is 0 Å². The normalized spacial score (nSPS) is 11.9. The molecule has 0 unspecified atom stereocenters. The van der Waals surface area contributed by atoms with Crippen molar-refractivity contribution < 1.29 is 14.3 Å². The number of ether oxygens (including phenoxy) is 2. The van der Waals surface area contributed by atoms with Gasteiger partial charge in [-0.2, -0.15) is 5.10 Å². The average Bonchev–Trinajstić information content (AvgIpc) is 2.90. The average molecular weight is 317 g/mol. The maximum Gasteiger partial charge on any atom is 0.258 e. The molecule has 6 heteroatoms. The molecule has 2 rings (SSSR count). The second kappa shape index (κ2) is 6.73. The first-order valence-electron chi connectivity index (χ1n) is 7.42. The van der Waals surface area contributed by atoms with Gasteiger partial charge in [-0.25, -0.2) is 0 Å². The topological polar surface area (TPSA) is 67.5 Å². The summed E-state index contributed by atoms with van der Waals surface area (Å²) >= 11 is 0. The summed E-state index contributed by atoms with van der Waals surface area (Å²) in [4.78, 5) is 14.6. The van der Waals surface area contributed by atoms with Gasteiger partial charge in [0.05, 0.1) is 31.5 Å². The first-order chi connectivity index (χ1) is 10.9. The van der Waals surface area contributed by atoms with E-state index in [1.165, 1.54) is 7.11 Å². The molecule has 0 spiro atoms. The number of para-hydroxylation sites is 1. The number of aromatic amines is 1. The van der Waals surface area contributed by atoms with E-state index in [-0.39, 0.29) is 11.9 Å². The lowest BCUT2D eigenvalue weighted by molar-refractivity contribution is 0.0738. The second-order valence-corrected chi connectivity index (χ2v) is 5.48. The number of benzene rings is 1. The molecule has 0 aliphatic carbocycles. The number of hydrogen-bond acceptors (Lipinski definition) is 4. The Hall–Kier alpha value is -2.50. The number of aryl methyl sites for hydroxylation is 2. The lowest BCUT2D eigenvalue weighted by atomic mass is 10.0. The number of H-pyrrole nitrogens is 1. The van der Waals surface area contributed by atoms with Crippen LogP contribution < -0.4 is 9.47 Å². The Morgan fingerprint density at radius 1 is 1.26 bits per heavy atom. The molecule has 0 saturated heterocycles. The molecule has 0 radical (unpaired) electrons. The van der Waals surface area contributed by atoms with Crippen LogP contribution in [-0.4, -0.2) is 42.3 Å². The number of nitrogens with zero attached hydrogens (tertiary/aromatic N) is 2. The highest BCUT2D eigenvalue weighted by Crippen LogP contribution is 2.33. The van der Waals surface area contributed by atoms with Gasteiger partial charge in [0.2, 0.25) is 0 Å². The number of rotatable bonds is 5. The Labute approximate surface area is 136 Å². The zero-order chi connectivity index (χ0) is 17.1. The summed E-state index contributed by atoms with van der Waals surface area (Å²) in [6, 6.07) is 5.17. The Kier molecular flexibility index (Phi) is 4.93. The first-order valence-corrected chi connectivity index (χ1v) is 7.42. The molecule has 1 aromatic heterocycles. The zero-order valence-corrected chi connectivity index (χ0v) is 14.4. The molecule has 0 bridgehead atoms. The van der Waals surface area contributed by atoms with Crippen molar-refractivity contribution in [3.05, 3.63) is 40.7 Å². The van der Waals surface area contributed by atoms with Gasteiger partial charge in [-0.1, -0.05) is 6.07 Å². The van der Waals surface area contributed by atoms with E-state index in [2.05, 4.69) is 10.2 Å². The van der Waals surface area contributed by atoms with Crippen LogP contribution in [0, 0.1) is 13.8 Å². The molecule has 6 nitrogen and oxygen atoms in total. The van der Waals surface area contributed by atoms with E-state index in [9.17, 15) is 4.79 Å². The lowest BCUT2D eigenvalue weighted by Crippen LogP contribution is -2.30. The molecule has 0 aliphatic heterocycles. The SMILES string of the molecule is COc1cccc(C(=O)N(C)[C@@H](C)c2c(C)n[nH]c2C)c1OC. The predicted octanol–water partition coefficient (Wildman–Crippen LogP) is 2.88. The van der Waals surface area contributed by atoms with E-state index in [0.29, 0.717) is 17.1 Å². The van der Waals surface area contributed by atoms with Crippen molar-refractivity contribution in [1.29, 1.82) is 0 Å². The molecular weight excluding hydrogens is 294 g/mol. The number of nitrogens with one attached hydrogen (secondary N) is 1. The van der Waals surface area contributed by atoms with Gasteiger partial charge in [0.15, 0.2) is 11.5 Å². The molecule has 0 saturated carbocycles. The molecular formula is C17H23N3O3. The van der Waals surface area contributed by atoms with Crippen LogP contribution in [0.25, 0.3) is 0 Å². The van der Waals surface area contributed by atoms with E-state index in [1.54, 1.807) is 37.3 Å². The molecule has 0 aliphatic rings. The van der Waals surface area contributed by atoms with Crippen LogP contribution in [0.15, 0.2) is 18.2 Å². The fourth-order valence-corrected chi connectivity index (χ4v) is 2.79. The third-order valence-corrected chi connectivity index (χ3v) is 4.14. The van der Waals surface area contributed by atoms with Gasteiger partial charge < -0.3 is 14.4 Å². The highest BCUT2D eigenvalue weighted by atomic mass is 16.5. The molecule has 23 heavy (non-hydrogen) atoms. The minimum absolute atomic E-state index is 0.114. The van der Waals surface area contributed by atoms with Crippen LogP contribution in [0.5, 0.6) is 11.5 Å². The van der Waals surface area contributed by atoms with Crippen molar-refractivity contribution in [2.75, 3.05) is 21.3 Å². The van der Waals surface area contributed by atoms with Crippen molar-refractivity contribution in [3.8, 4) is 11.5 Å². The number of aromatic nitrogens is 2. The number of carbonyl (C=O) groups is 1. The minimum atomic E-state index is -0.131. The standard InChI is InChI=1S/C17H23N3O3/c1-10-15(11(2)19-18-10)12(3)20(4)17(21)13-8-7-9-14(22-5)16(13)23-6/h7-9,12H,1-6H3,(H,18,19)/t12-/m0/s1. The van der Waals surface area contributed by atoms with Crippen LogP contribution in [0.1, 0.15) is 40.3 Å². The largest absolute Gasteiger partial charge is 0.493 e.